The van der Waals surface area contributed by atoms with Crippen LogP contribution in [-0.4, -0.2) is 23.2 Å². The minimum Gasteiger partial charge on any atom is -0.497 e. The van der Waals surface area contributed by atoms with Gasteiger partial charge < -0.3 is 9.15 Å². The molecule has 0 aliphatic carbocycles. The average molecular weight is 422 g/mol. The van der Waals surface area contributed by atoms with Gasteiger partial charge in [0.05, 0.1) is 29.5 Å². The van der Waals surface area contributed by atoms with Gasteiger partial charge in [-0.2, -0.15) is 5.10 Å². The minimum atomic E-state index is -0.574. The van der Waals surface area contributed by atoms with E-state index in [0.29, 0.717) is 16.2 Å². The summed E-state index contributed by atoms with van der Waals surface area (Å²) in [5, 5.41) is 17.7. The number of nitro benzene ring substituents is 1. The molecule has 0 bridgehead atoms. The van der Waals surface area contributed by atoms with Gasteiger partial charge in [-0.05, 0) is 42.0 Å². The Balaban J connectivity index is 1.56. The Morgan fingerprint density at radius 1 is 1.23 bits per heavy atom. The van der Waals surface area contributed by atoms with Crippen LogP contribution in [0.1, 0.15) is 5.56 Å². The molecule has 0 radical (unpaired) electrons. The van der Waals surface area contributed by atoms with Crippen molar-refractivity contribution in [1.29, 1.82) is 0 Å². The largest absolute Gasteiger partial charge is 0.497 e. The highest BCUT2D eigenvalue weighted by Crippen LogP contribution is 2.27. The number of hydrazone groups is 1. The molecule has 0 aliphatic rings. The highest BCUT2D eigenvalue weighted by molar-refractivity contribution is 7.14. The third kappa shape index (κ3) is 4.03. The van der Waals surface area contributed by atoms with Gasteiger partial charge >= 0.3 is 5.63 Å². The maximum atomic E-state index is 12.3. The molecule has 4 aromatic rings. The second-order valence-electron chi connectivity index (χ2n) is 6.11. The van der Waals surface area contributed by atoms with E-state index >= 15 is 0 Å². The van der Waals surface area contributed by atoms with Crippen molar-refractivity contribution >= 4 is 39.3 Å². The zero-order chi connectivity index (χ0) is 21.1. The van der Waals surface area contributed by atoms with Crippen LogP contribution in [0.15, 0.2) is 68.2 Å². The molecule has 0 saturated heterocycles. The van der Waals surface area contributed by atoms with Crippen molar-refractivity contribution < 1.29 is 14.1 Å². The molecule has 0 saturated carbocycles. The van der Waals surface area contributed by atoms with E-state index in [0.717, 1.165) is 11.3 Å². The third-order valence-corrected chi connectivity index (χ3v) is 4.94. The number of methoxy groups -OCH3 is 1. The lowest BCUT2D eigenvalue weighted by atomic mass is 10.1. The van der Waals surface area contributed by atoms with Crippen LogP contribution >= 0.6 is 11.3 Å². The Bertz CT molecular complexity index is 1310. The molecule has 1 N–H and O–H groups in total. The number of ether oxygens (including phenoxy) is 1. The molecule has 30 heavy (non-hydrogen) atoms. The number of fused-ring (bicyclic) bond motifs is 1. The first kappa shape index (κ1) is 19.3. The Hall–Kier alpha value is -4.05. The molecule has 0 atom stereocenters. The third-order valence-electron chi connectivity index (χ3n) is 4.20. The van der Waals surface area contributed by atoms with E-state index < -0.39 is 10.5 Å². The second-order valence-corrected chi connectivity index (χ2v) is 6.97. The number of hydrogen-bond donors (Lipinski definition) is 1. The average Bonchev–Trinajstić information content (AvgIpc) is 3.22. The second kappa shape index (κ2) is 8.13. The van der Waals surface area contributed by atoms with Gasteiger partial charge in [0.25, 0.3) is 5.69 Å². The van der Waals surface area contributed by atoms with Crippen molar-refractivity contribution in [2.75, 3.05) is 12.5 Å². The molecular formula is C20H14N4O5S. The van der Waals surface area contributed by atoms with Crippen LogP contribution in [0.25, 0.3) is 22.2 Å². The standard InChI is InChI=1S/C20H14N4O5S/c1-28-15-5-2-12(3-6-15)10-21-23-20-22-17(11-30-20)16-9-13-8-14(24(26)27)4-7-18(13)29-19(16)25/h2-11H,1H3,(H,22,23). The van der Waals surface area contributed by atoms with Crippen molar-refractivity contribution in [3.05, 3.63) is 80.0 Å². The molecule has 2 aromatic heterocycles. The van der Waals surface area contributed by atoms with Crippen LogP contribution in [0.3, 0.4) is 0 Å². The van der Waals surface area contributed by atoms with E-state index in [4.69, 9.17) is 9.15 Å². The fraction of sp³-hybridized carbons (Fsp3) is 0.0500. The summed E-state index contributed by atoms with van der Waals surface area (Å²) in [5.41, 5.74) is 3.90. The molecule has 9 nitrogen and oxygen atoms in total. The summed E-state index contributed by atoms with van der Waals surface area (Å²) in [6.45, 7) is 0. The molecule has 0 aliphatic heterocycles. The van der Waals surface area contributed by atoms with Crippen LogP contribution in [0, 0.1) is 10.1 Å². The maximum absolute atomic E-state index is 12.3. The van der Waals surface area contributed by atoms with Gasteiger partial charge in [0.15, 0.2) is 0 Å². The van der Waals surface area contributed by atoms with Gasteiger partial charge in [0.1, 0.15) is 11.3 Å². The molecule has 4 rings (SSSR count). The van der Waals surface area contributed by atoms with E-state index in [-0.39, 0.29) is 16.8 Å². The predicted molar refractivity (Wildman–Crippen MR) is 114 cm³/mol. The predicted octanol–water partition coefficient (Wildman–Crippen LogP) is 4.28. The Morgan fingerprint density at radius 3 is 2.77 bits per heavy atom. The van der Waals surface area contributed by atoms with Crippen LogP contribution < -0.4 is 15.8 Å². The maximum Gasteiger partial charge on any atom is 0.345 e. The Kier molecular flexibility index (Phi) is 5.22. The number of thiazole rings is 1. The quantitative estimate of drug-likeness (QED) is 0.213. The first-order valence-electron chi connectivity index (χ1n) is 8.65. The number of benzene rings is 2. The number of rotatable bonds is 6. The van der Waals surface area contributed by atoms with Crippen LogP contribution in [0.5, 0.6) is 5.75 Å². The molecule has 150 valence electrons. The summed E-state index contributed by atoms with van der Waals surface area (Å²) < 4.78 is 10.4. The highest BCUT2D eigenvalue weighted by atomic mass is 32.1. The van der Waals surface area contributed by atoms with Crippen LogP contribution in [-0.2, 0) is 0 Å². The van der Waals surface area contributed by atoms with Gasteiger partial charge in [0, 0.05) is 22.9 Å². The van der Waals surface area contributed by atoms with E-state index in [1.165, 1.54) is 35.6 Å². The van der Waals surface area contributed by atoms with E-state index in [1.807, 2.05) is 24.3 Å². The lowest BCUT2D eigenvalue weighted by molar-refractivity contribution is -0.384. The number of aromatic nitrogens is 1. The summed E-state index contributed by atoms with van der Waals surface area (Å²) in [6, 6.07) is 12.9. The number of nitrogens with zero attached hydrogens (tertiary/aromatic N) is 3. The summed E-state index contributed by atoms with van der Waals surface area (Å²) >= 11 is 1.26. The van der Waals surface area contributed by atoms with Gasteiger partial charge in [-0.25, -0.2) is 9.78 Å². The highest BCUT2D eigenvalue weighted by Gasteiger charge is 2.14. The minimum absolute atomic E-state index is 0.0872. The van der Waals surface area contributed by atoms with Gasteiger partial charge in [-0.3, -0.25) is 15.5 Å². The number of nitro groups is 1. The molecule has 10 heteroatoms. The lowest BCUT2D eigenvalue weighted by Gasteiger charge is -2.00. The van der Waals surface area contributed by atoms with E-state index in [2.05, 4.69) is 15.5 Å². The first-order valence-corrected chi connectivity index (χ1v) is 9.53. The van der Waals surface area contributed by atoms with Crippen molar-refractivity contribution in [2.45, 2.75) is 0 Å². The zero-order valence-corrected chi connectivity index (χ0v) is 16.4. The smallest absolute Gasteiger partial charge is 0.345 e. The normalized spacial score (nSPS) is 11.1. The molecule has 2 aromatic carbocycles. The number of non-ortho nitro benzene ring substituents is 1. The Labute approximate surface area is 173 Å². The monoisotopic (exact) mass is 422 g/mol. The number of nitrogens with one attached hydrogen (secondary N) is 1. The van der Waals surface area contributed by atoms with Crippen LogP contribution in [0.4, 0.5) is 10.8 Å². The molecule has 0 amide bonds. The van der Waals surface area contributed by atoms with Gasteiger partial charge in [0.2, 0.25) is 5.13 Å². The summed E-state index contributed by atoms with van der Waals surface area (Å²) in [5.74, 6) is 0.754. The topological polar surface area (TPSA) is 120 Å². The molecule has 0 unspecified atom stereocenters. The molecular weight excluding hydrogens is 408 g/mol. The van der Waals surface area contributed by atoms with E-state index in [9.17, 15) is 14.9 Å². The number of hydrogen-bond acceptors (Lipinski definition) is 9. The molecule has 0 spiro atoms. The SMILES string of the molecule is COc1ccc(C=NNc2nc(-c3cc4cc([N+](=O)[O-])ccc4oc3=O)cs2)cc1. The summed E-state index contributed by atoms with van der Waals surface area (Å²) in [6.07, 6.45) is 1.63. The summed E-state index contributed by atoms with van der Waals surface area (Å²) in [7, 11) is 1.60. The van der Waals surface area contributed by atoms with Crippen molar-refractivity contribution in [2.24, 2.45) is 5.10 Å². The van der Waals surface area contributed by atoms with E-state index in [1.54, 1.807) is 18.7 Å². The van der Waals surface area contributed by atoms with Crippen molar-refractivity contribution in [3.63, 3.8) is 0 Å². The first-order chi connectivity index (χ1) is 14.5. The lowest BCUT2D eigenvalue weighted by Crippen LogP contribution is -2.03. The van der Waals surface area contributed by atoms with Crippen molar-refractivity contribution in [3.8, 4) is 17.0 Å². The van der Waals surface area contributed by atoms with Crippen LogP contribution in [0.2, 0.25) is 0 Å². The van der Waals surface area contributed by atoms with Crippen molar-refractivity contribution in [1.82, 2.24) is 4.98 Å². The van der Waals surface area contributed by atoms with Gasteiger partial charge in [-0.15, -0.1) is 11.3 Å². The zero-order valence-electron chi connectivity index (χ0n) is 15.6. The number of anilines is 1. The fourth-order valence-electron chi connectivity index (χ4n) is 2.70. The fourth-order valence-corrected chi connectivity index (χ4v) is 3.36. The Morgan fingerprint density at radius 2 is 2.03 bits per heavy atom. The molecule has 2 heterocycles. The molecule has 0 fully saturated rings. The summed E-state index contributed by atoms with van der Waals surface area (Å²) in [4.78, 5) is 27.1. The van der Waals surface area contributed by atoms with Gasteiger partial charge in [-0.1, -0.05) is 0 Å².